The summed E-state index contributed by atoms with van der Waals surface area (Å²) >= 11 is 0. The third-order valence-electron chi connectivity index (χ3n) is 3.21. The number of carbonyl (C=O) groups is 1. The van der Waals surface area contributed by atoms with Crippen LogP contribution < -0.4 is 10.6 Å². The highest BCUT2D eigenvalue weighted by Crippen LogP contribution is 2.18. The Morgan fingerprint density at radius 2 is 2.18 bits per heavy atom. The molecular formula is C13H26N2O2. The summed E-state index contributed by atoms with van der Waals surface area (Å²) in [6, 6.07) is -0.0275. The van der Waals surface area contributed by atoms with Gasteiger partial charge < -0.3 is 15.4 Å². The van der Waals surface area contributed by atoms with Crippen molar-refractivity contribution in [2.75, 3.05) is 19.7 Å². The van der Waals surface area contributed by atoms with Gasteiger partial charge in [-0.3, -0.25) is 0 Å². The van der Waals surface area contributed by atoms with Crippen LogP contribution in [0.2, 0.25) is 0 Å². The first kappa shape index (κ1) is 14.3. The molecule has 2 amide bonds. The Balaban J connectivity index is 2.02. The summed E-state index contributed by atoms with van der Waals surface area (Å²) in [7, 11) is 0. The molecule has 1 aliphatic heterocycles. The summed E-state index contributed by atoms with van der Waals surface area (Å²) < 4.78 is 5.48. The highest BCUT2D eigenvalue weighted by atomic mass is 16.5. The standard InChI is InChI=1S/C13H26N2O2/c1-3-4-5-7-14-13(16)15-10-12-6-8-17-11(2)9-12/h11-12H,3-10H2,1-2H3,(H2,14,15,16)/t11-,12+/m1/s1. The first-order valence-electron chi connectivity index (χ1n) is 6.85. The van der Waals surface area contributed by atoms with Crippen LogP contribution in [0, 0.1) is 5.92 Å². The Bertz CT molecular complexity index is 221. The molecule has 0 bridgehead atoms. The Kier molecular flexibility index (Phi) is 7.01. The topological polar surface area (TPSA) is 50.4 Å². The lowest BCUT2D eigenvalue weighted by Gasteiger charge is -2.27. The minimum Gasteiger partial charge on any atom is -0.378 e. The highest BCUT2D eigenvalue weighted by molar-refractivity contribution is 5.73. The fourth-order valence-corrected chi connectivity index (χ4v) is 2.15. The summed E-state index contributed by atoms with van der Waals surface area (Å²) in [5.74, 6) is 0.570. The van der Waals surface area contributed by atoms with Gasteiger partial charge in [-0.05, 0) is 32.1 Å². The molecule has 1 rings (SSSR count). The van der Waals surface area contributed by atoms with Crippen molar-refractivity contribution in [2.45, 2.75) is 52.1 Å². The Hall–Kier alpha value is -0.770. The first-order valence-corrected chi connectivity index (χ1v) is 6.85. The fourth-order valence-electron chi connectivity index (χ4n) is 2.15. The molecule has 1 fully saturated rings. The Morgan fingerprint density at radius 3 is 2.88 bits per heavy atom. The second-order valence-corrected chi connectivity index (χ2v) is 4.92. The highest BCUT2D eigenvalue weighted by Gasteiger charge is 2.19. The molecule has 100 valence electrons. The molecule has 0 spiro atoms. The van der Waals surface area contributed by atoms with E-state index in [1.165, 1.54) is 12.8 Å². The van der Waals surface area contributed by atoms with Crippen LogP contribution in [0.25, 0.3) is 0 Å². The van der Waals surface area contributed by atoms with Crippen LogP contribution in [0.15, 0.2) is 0 Å². The zero-order chi connectivity index (χ0) is 12.5. The van der Waals surface area contributed by atoms with Crippen LogP contribution in [-0.4, -0.2) is 31.8 Å². The van der Waals surface area contributed by atoms with E-state index in [0.29, 0.717) is 12.0 Å². The molecule has 17 heavy (non-hydrogen) atoms. The maximum atomic E-state index is 11.5. The van der Waals surface area contributed by atoms with Crippen molar-refractivity contribution in [1.82, 2.24) is 10.6 Å². The molecular weight excluding hydrogens is 216 g/mol. The van der Waals surface area contributed by atoms with Crippen molar-refractivity contribution in [3.05, 3.63) is 0 Å². The monoisotopic (exact) mass is 242 g/mol. The Morgan fingerprint density at radius 1 is 1.35 bits per heavy atom. The third-order valence-corrected chi connectivity index (χ3v) is 3.21. The molecule has 0 aliphatic carbocycles. The van der Waals surface area contributed by atoms with Gasteiger partial charge in [0.2, 0.25) is 0 Å². The zero-order valence-corrected chi connectivity index (χ0v) is 11.1. The van der Waals surface area contributed by atoms with Crippen molar-refractivity contribution >= 4 is 6.03 Å². The lowest BCUT2D eigenvalue weighted by Crippen LogP contribution is -2.40. The smallest absolute Gasteiger partial charge is 0.314 e. The molecule has 0 unspecified atom stereocenters. The number of carbonyl (C=O) groups excluding carboxylic acids is 1. The van der Waals surface area contributed by atoms with Gasteiger partial charge in [0.05, 0.1) is 6.10 Å². The molecule has 1 heterocycles. The average Bonchev–Trinajstić information content (AvgIpc) is 2.32. The number of ether oxygens (including phenoxy) is 1. The number of hydrogen-bond acceptors (Lipinski definition) is 2. The van der Waals surface area contributed by atoms with Gasteiger partial charge in [0.25, 0.3) is 0 Å². The van der Waals surface area contributed by atoms with E-state index in [-0.39, 0.29) is 6.03 Å². The number of rotatable bonds is 6. The minimum atomic E-state index is -0.0275. The van der Waals surface area contributed by atoms with Crippen LogP contribution in [0.4, 0.5) is 4.79 Å². The van der Waals surface area contributed by atoms with Crippen LogP contribution in [0.5, 0.6) is 0 Å². The van der Waals surface area contributed by atoms with Crippen molar-refractivity contribution in [3.8, 4) is 0 Å². The normalized spacial score (nSPS) is 24.4. The molecule has 0 saturated carbocycles. The predicted molar refractivity (Wildman–Crippen MR) is 69.1 cm³/mol. The number of urea groups is 1. The molecule has 0 aromatic carbocycles. The van der Waals surface area contributed by atoms with E-state index in [9.17, 15) is 4.79 Å². The predicted octanol–water partition coefficient (Wildman–Crippen LogP) is 2.29. The quantitative estimate of drug-likeness (QED) is 0.702. The van der Waals surface area contributed by atoms with Crippen molar-refractivity contribution in [1.29, 1.82) is 0 Å². The molecule has 2 N–H and O–H groups in total. The van der Waals surface area contributed by atoms with Gasteiger partial charge in [-0.25, -0.2) is 4.79 Å². The van der Waals surface area contributed by atoms with Crippen molar-refractivity contribution in [3.63, 3.8) is 0 Å². The van der Waals surface area contributed by atoms with Crippen molar-refractivity contribution in [2.24, 2.45) is 5.92 Å². The van der Waals surface area contributed by atoms with E-state index < -0.39 is 0 Å². The van der Waals surface area contributed by atoms with Crippen molar-refractivity contribution < 1.29 is 9.53 Å². The maximum absolute atomic E-state index is 11.5. The molecule has 1 saturated heterocycles. The molecule has 1 aliphatic rings. The summed E-state index contributed by atoms with van der Waals surface area (Å²) in [5.41, 5.74) is 0. The Labute approximate surface area is 104 Å². The summed E-state index contributed by atoms with van der Waals surface area (Å²) in [6.45, 7) is 6.63. The summed E-state index contributed by atoms with van der Waals surface area (Å²) in [6.07, 6.45) is 5.87. The molecule has 4 nitrogen and oxygen atoms in total. The van der Waals surface area contributed by atoms with Gasteiger partial charge in [0, 0.05) is 19.7 Å². The minimum absolute atomic E-state index is 0.0275. The van der Waals surface area contributed by atoms with Gasteiger partial charge in [0.1, 0.15) is 0 Å². The second-order valence-electron chi connectivity index (χ2n) is 4.92. The number of hydrogen-bond donors (Lipinski definition) is 2. The average molecular weight is 242 g/mol. The van der Waals surface area contributed by atoms with Crippen LogP contribution >= 0.6 is 0 Å². The largest absolute Gasteiger partial charge is 0.378 e. The van der Waals surface area contributed by atoms with Gasteiger partial charge in [0.15, 0.2) is 0 Å². The number of nitrogens with one attached hydrogen (secondary N) is 2. The lowest BCUT2D eigenvalue weighted by atomic mass is 9.96. The van der Waals surface area contributed by atoms with E-state index in [1.54, 1.807) is 0 Å². The van der Waals surface area contributed by atoms with E-state index in [0.717, 1.165) is 39.0 Å². The summed E-state index contributed by atoms with van der Waals surface area (Å²) in [4.78, 5) is 11.5. The van der Waals surface area contributed by atoms with Gasteiger partial charge in [-0.2, -0.15) is 0 Å². The molecule has 4 heteroatoms. The number of unbranched alkanes of at least 4 members (excludes halogenated alkanes) is 2. The molecule has 2 atom stereocenters. The first-order chi connectivity index (χ1) is 8.22. The van der Waals surface area contributed by atoms with Crippen LogP contribution in [0.3, 0.4) is 0 Å². The van der Waals surface area contributed by atoms with E-state index >= 15 is 0 Å². The van der Waals surface area contributed by atoms with E-state index in [1.807, 2.05) is 0 Å². The van der Waals surface area contributed by atoms with Crippen LogP contribution in [-0.2, 0) is 4.74 Å². The van der Waals surface area contributed by atoms with E-state index in [2.05, 4.69) is 24.5 Å². The fraction of sp³-hybridized carbons (Fsp3) is 0.923. The van der Waals surface area contributed by atoms with E-state index in [4.69, 9.17) is 4.74 Å². The number of amides is 2. The lowest BCUT2D eigenvalue weighted by molar-refractivity contribution is 0.00346. The SMILES string of the molecule is CCCCCNC(=O)NC[C@H]1CCO[C@H](C)C1. The second kappa shape index (κ2) is 8.34. The summed E-state index contributed by atoms with van der Waals surface area (Å²) in [5, 5.41) is 5.83. The van der Waals surface area contributed by atoms with Gasteiger partial charge in [-0.1, -0.05) is 19.8 Å². The van der Waals surface area contributed by atoms with Gasteiger partial charge >= 0.3 is 6.03 Å². The van der Waals surface area contributed by atoms with Crippen LogP contribution in [0.1, 0.15) is 46.0 Å². The maximum Gasteiger partial charge on any atom is 0.314 e. The molecule has 0 radical (unpaired) electrons. The molecule has 0 aromatic heterocycles. The zero-order valence-electron chi connectivity index (χ0n) is 11.1. The molecule has 0 aromatic rings. The third kappa shape index (κ3) is 6.51. The van der Waals surface area contributed by atoms with Gasteiger partial charge in [-0.15, -0.1) is 0 Å².